The molecule has 2 aromatic rings. The molecule has 2 heterocycles. The van der Waals surface area contributed by atoms with Gasteiger partial charge in [-0.1, -0.05) is 13.0 Å². The largest absolute Gasteiger partial charge is 0.407 e. The minimum atomic E-state index is -0.399. The first-order valence-corrected chi connectivity index (χ1v) is 8.06. The summed E-state index contributed by atoms with van der Waals surface area (Å²) in [5.41, 5.74) is 6.53. The highest BCUT2D eigenvalue weighted by Crippen LogP contribution is 2.24. The van der Waals surface area contributed by atoms with Crippen molar-refractivity contribution in [2.24, 2.45) is 4.99 Å². The van der Waals surface area contributed by atoms with E-state index in [9.17, 15) is 4.79 Å². The van der Waals surface area contributed by atoms with Crippen LogP contribution in [0.2, 0.25) is 0 Å². The first-order valence-electron chi connectivity index (χ1n) is 8.06. The monoisotopic (exact) mass is 323 g/mol. The standard InChI is InChI=1S/C19H21N3O2/c1-6-18-20-17(19(23)24-18)10-16-13(4)21-22(14(16)5)15-8-7-11(2)12(3)9-15/h7-10H,6H2,1-5H3/b17-10-. The van der Waals surface area contributed by atoms with Crippen molar-refractivity contribution in [1.82, 2.24) is 9.78 Å². The molecule has 0 unspecified atom stereocenters. The van der Waals surface area contributed by atoms with Crippen LogP contribution in [0.5, 0.6) is 0 Å². The number of hydrogen-bond acceptors (Lipinski definition) is 4. The van der Waals surface area contributed by atoms with E-state index in [1.54, 1.807) is 6.08 Å². The van der Waals surface area contributed by atoms with Gasteiger partial charge in [-0.2, -0.15) is 5.10 Å². The molecule has 0 radical (unpaired) electrons. The van der Waals surface area contributed by atoms with Gasteiger partial charge in [-0.3, -0.25) is 0 Å². The molecule has 0 fully saturated rings. The van der Waals surface area contributed by atoms with Crippen LogP contribution in [-0.2, 0) is 9.53 Å². The molecule has 1 aromatic heterocycles. The average molecular weight is 323 g/mol. The van der Waals surface area contributed by atoms with E-state index in [4.69, 9.17) is 4.74 Å². The highest BCUT2D eigenvalue weighted by Gasteiger charge is 2.23. The van der Waals surface area contributed by atoms with Gasteiger partial charge in [0.05, 0.1) is 11.4 Å². The van der Waals surface area contributed by atoms with E-state index in [-0.39, 0.29) is 0 Å². The Bertz CT molecular complexity index is 888. The zero-order valence-corrected chi connectivity index (χ0v) is 14.7. The number of esters is 1. The number of carbonyl (C=O) groups excluding carboxylic acids is 1. The van der Waals surface area contributed by atoms with Crippen LogP contribution in [-0.4, -0.2) is 21.6 Å². The molecular formula is C19H21N3O2. The number of rotatable bonds is 3. The average Bonchev–Trinajstić information content (AvgIpc) is 3.04. The number of aryl methyl sites for hydroxylation is 3. The fourth-order valence-electron chi connectivity index (χ4n) is 2.71. The number of cyclic esters (lactones) is 1. The van der Waals surface area contributed by atoms with Crippen molar-refractivity contribution >= 4 is 17.9 Å². The van der Waals surface area contributed by atoms with Gasteiger partial charge in [0, 0.05) is 17.7 Å². The molecule has 1 aliphatic rings. The predicted molar refractivity (Wildman–Crippen MR) is 94.3 cm³/mol. The number of benzene rings is 1. The molecule has 5 heteroatoms. The molecule has 124 valence electrons. The molecule has 24 heavy (non-hydrogen) atoms. The minimum absolute atomic E-state index is 0.331. The molecule has 0 amide bonds. The lowest BCUT2D eigenvalue weighted by atomic mass is 10.1. The Morgan fingerprint density at radius 3 is 2.54 bits per heavy atom. The quantitative estimate of drug-likeness (QED) is 0.637. The van der Waals surface area contributed by atoms with E-state index < -0.39 is 5.97 Å². The summed E-state index contributed by atoms with van der Waals surface area (Å²) >= 11 is 0. The summed E-state index contributed by atoms with van der Waals surface area (Å²) in [6, 6.07) is 6.25. The van der Waals surface area contributed by atoms with Gasteiger partial charge in [-0.25, -0.2) is 14.5 Å². The van der Waals surface area contributed by atoms with E-state index in [1.807, 2.05) is 25.5 Å². The van der Waals surface area contributed by atoms with Gasteiger partial charge in [-0.05, 0) is 57.0 Å². The van der Waals surface area contributed by atoms with Crippen LogP contribution in [0.3, 0.4) is 0 Å². The van der Waals surface area contributed by atoms with Crippen molar-refractivity contribution in [2.45, 2.75) is 41.0 Å². The summed E-state index contributed by atoms with van der Waals surface area (Å²) in [6.07, 6.45) is 2.36. The number of aromatic nitrogens is 2. The summed E-state index contributed by atoms with van der Waals surface area (Å²) < 4.78 is 7.01. The van der Waals surface area contributed by atoms with Crippen molar-refractivity contribution in [2.75, 3.05) is 0 Å². The molecule has 0 N–H and O–H groups in total. The molecule has 3 rings (SSSR count). The van der Waals surface area contributed by atoms with Gasteiger partial charge in [0.2, 0.25) is 0 Å². The predicted octanol–water partition coefficient (Wildman–Crippen LogP) is 3.81. The Morgan fingerprint density at radius 2 is 1.92 bits per heavy atom. The van der Waals surface area contributed by atoms with Crippen LogP contribution in [0.4, 0.5) is 0 Å². The van der Waals surface area contributed by atoms with Crippen LogP contribution in [0, 0.1) is 27.7 Å². The number of hydrogen-bond donors (Lipinski definition) is 0. The third-order valence-corrected chi connectivity index (χ3v) is 4.33. The molecule has 0 aliphatic carbocycles. The van der Waals surface area contributed by atoms with Crippen LogP contribution in [0.1, 0.15) is 41.4 Å². The first kappa shape index (κ1) is 16.2. The second-order valence-corrected chi connectivity index (χ2v) is 6.04. The maximum atomic E-state index is 11.9. The maximum Gasteiger partial charge on any atom is 0.363 e. The molecule has 0 saturated carbocycles. The van der Waals surface area contributed by atoms with E-state index in [0.29, 0.717) is 18.0 Å². The van der Waals surface area contributed by atoms with Gasteiger partial charge in [0.1, 0.15) is 0 Å². The van der Waals surface area contributed by atoms with Gasteiger partial charge < -0.3 is 4.74 Å². The second-order valence-electron chi connectivity index (χ2n) is 6.04. The molecular weight excluding hydrogens is 302 g/mol. The fourth-order valence-corrected chi connectivity index (χ4v) is 2.71. The summed E-state index contributed by atoms with van der Waals surface area (Å²) in [5.74, 6) is 0.0627. The van der Waals surface area contributed by atoms with Gasteiger partial charge in [0.15, 0.2) is 11.6 Å². The Hall–Kier alpha value is -2.69. The van der Waals surface area contributed by atoms with E-state index in [0.717, 1.165) is 22.6 Å². The number of ether oxygens (including phenoxy) is 1. The van der Waals surface area contributed by atoms with Crippen molar-refractivity contribution in [3.05, 3.63) is 52.0 Å². The van der Waals surface area contributed by atoms with Crippen LogP contribution < -0.4 is 0 Å². The second kappa shape index (κ2) is 6.07. The molecule has 0 bridgehead atoms. The normalized spacial score (nSPS) is 15.8. The third kappa shape index (κ3) is 2.77. The van der Waals surface area contributed by atoms with Crippen LogP contribution in [0.15, 0.2) is 28.9 Å². The lowest BCUT2D eigenvalue weighted by Crippen LogP contribution is -2.02. The zero-order chi connectivity index (χ0) is 17.4. The lowest BCUT2D eigenvalue weighted by molar-refractivity contribution is -0.130. The van der Waals surface area contributed by atoms with Crippen molar-refractivity contribution in [1.29, 1.82) is 0 Å². The number of aliphatic imine (C=N–C) groups is 1. The summed E-state index contributed by atoms with van der Waals surface area (Å²) in [4.78, 5) is 16.1. The van der Waals surface area contributed by atoms with Crippen molar-refractivity contribution in [3.8, 4) is 5.69 Å². The lowest BCUT2D eigenvalue weighted by Gasteiger charge is -2.07. The van der Waals surface area contributed by atoms with Gasteiger partial charge in [-0.15, -0.1) is 0 Å². The summed E-state index contributed by atoms with van der Waals surface area (Å²) in [7, 11) is 0. The highest BCUT2D eigenvalue weighted by atomic mass is 16.6. The Kier molecular flexibility index (Phi) is 4.09. The first-order chi connectivity index (χ1) is 11.4. The number of carbonyl (C=O) groups is 1. The Morgan fingerprint density at radius 1 is 1.17 bits per heavy atom. The van der Waals surface area contributed by atoms with Crippen LogP contribution >= 0.6 is 0 Å². The highest BCUT2D eigenvalue weighted by molar-refractivity contribution is 6.07. The van der Waals surface area contributed by atoms with Crippen molar-refractivity contribution in [3.63, 3.8) is 0 Å². The van der Waals surface area contributed by atoms with Gasteiger partial charge >= 0.3 is 5.97 Å². The molecule has 1 aliphatic heterocycles. The van der Waals surface area contributed by atoms with E-state index in [2.05, 4.69) is 42.1 Å². The summed E-state index contributed by atoms with van der Waals surface area (Å²) in [6.45, 7) is 10.0. The van der Waals surface area contributed by atoms with Crippen LogP contribution in [0.25, 0.3) is 11.8 Å². The minimum Gasteiger partial charge on any atom is -0.407 e. The fraction of sp³-hybridized carbons (Fsp3) is 0.316. The summed E-state index contributed by atoms with van der Waals surface area (Å²) in [5, 5.41) is 4.63. The molecule has 5 nitrogen and oxygen atoms in total. The van der Waals surface area contributed by atoms with Crippen molar-refractivity contribution < 1.29 is 9.53 Å². The molecule has 1 aromatic carbocycles. The SMILES string of the molecule is CCC1=N/C(=C\c2c(C)nn(-c3ccc(C)c(C)c3)c2C)C(=O)O1. The maximum absolute atomic E-state index is 11.9. The zero-order valence-electron chi connectivity index (χ0n) is 14.7. The number of nitrogens with zero attached hydrogens (tertiary/aromatic N) is 3. The Labute approximate surface area is 141 Å². The molecule has 0 atom stereocenters. The Balaban J connectivity index is 2.06. The molecule has 0 spiro atoms. The topological polar surface area (TPSA) is 56.5 Å². The molecule has 0 saturated heterocycles. The van der Waals surface area contributed by atoms with Gasteiger partial charge in [0.25, 0.3) is 0 Å². The van der Waals surface area contributed by atoms with E-state index in [1.165, 1.54) is 11.1 Å². The van der Waals surface area contributed by atoms with E-state index >= 15 is 0 Å². The smallest absolute Gasteiger partial charge is 0.363 e. The third-order valence-electron chi connectivity index (χ3n) is 4.33.